The zero-order chi connectivity index (χ0) is 21.3. The fourth-order valence-corrected chi connectivity index (χ4v) is 4.57. The molecule has 162 valence electrons. The first-order chi connectivity index (χ1) is 14.5. The van der Waals surface area contributed by atoms with E-state index >= 15 is 0 Å². The zero-order valence-corrected chi connectivity index (χ0v) is 18.8. The van der Waals surface area contributed by atoms with Gasteiger partial charge in [0, 0.05) is 49.1 Å². The Morgan fingerprint density at radius 2 is 2.07 bits per heavy atom. The maximum atomic E-state index is 12.7. The van der Waals surface area contributed by atoms with E-state index in [2.05, 4.69) is 43.9 Å². The average molecular weight is 411 g/mol. The van der Waals surface area contributed by atoms with Crippen molar-refractivity contribution in [3.05, 3.63) is 35.0 Å². The van der Waals surface area contributed by atoms with Gasteiger partial charge in [-0.2, -0.15) is 5.10 Å². The molecule has 4 rings (SSSR count). The molecule has 1 amide bonds. The molecule has 0 radical (unpaired) electrons. The second-order valence-electron chi connectivity index (χ2n) is 9.03. The third-order valence-electron chi connectivity index (χ3n) is 6.34. The van der Waals surface area contributed by atoms with Crippen LogP contribution in [0.3, 0.4) is 0 Å². The molecule has 0 N–H and O–H groups in total. The Bertz CT molecular complexity index is 905. The molecule has 0 bridgehead atoms. The lowest BCUT2D eigenvalue weighted by molar-refractivity contribution is -0.119. The summed E-state index contributed by atoms with van der Waals surface area (Å²) in [6, 6.07) is 0.197. The van der Waals surface area contributed by atoms with Crippen molar-refractivity contribution in [2.75, 3.05) is 18.0 Å². The van der Waals surface area contributed by atoms with E-state index in [9.17, 15) is 4.79 Å². The highest BCUT2D eigenvalue weighted by atomic mass is 16.2. The number of carbonyl (C=O) groups is 1. The monoisotopic (exact) mass is 410 g/mol. The molecule has 2 aliphatic rings. The van der Waals surface area contributed by atoms with E-state index in [1.54, 1.807) is 0 Å². The fourth-order valence-electron chi connectivity index (χ4n) is 4.57. The van der Waals surface area contributed by atoms with Gasteiger partial charge in [-0.05, 0) is 52.0 Å². The van der Waals surface area contributed by atoms with Gasteiger partial charge in [0.25, 0.3) is 0 Å². The number of nitrogens with zero attached hydrogens (tertiary/aromatic N) is 6. The second kappa shape index (κ2) is 8.84. The van der Waals surface area contributed by atoms with Crippen molar-refractivity contribution in [1.82, 2.24) is 24.6 Å². The Morgan fingerprint density at radius 3 is 2.80 bits per heavy atom. The second-order valence-corrected chi connectivity index (χ2v) is 9.03. The van der Waals surface area contributed by atoms with Gasteiger partial charge in [0.15, 0.2) is 0 Å². The molecule has 7 heteroatoms. The lowest BCUT2D eigenvalue weighted by Crippen LogP contribution is -2.38. The van der Waals surface area contributed by atoms with Crippen LogP contribution in [0.1, 0.15) is 75.1 Å². The maximum Gasteiger partial charge on any atom is 0.228 e. The Morgan fingerprint density at radius 1 is 1.23 bits per heavy atom. The van der Waals surface area contributed by atoms with Gasteiger partial charge in [-0.3, -0.25) is 19.3 Å². The number of aryl methyl sites for hydroxylation is 2. The van der Waals surface area contributed by atoms with Gasteiger partial charge < -0.3 is 0 Å². The number of anilines is 1. The predicted octanol–water partition coefficient (Wildman–Crippen LogP) is 3.66. The molecule has 1 atom stereocenters. The summed E-state index contributed by atoms with van der Waals surface area (Å²) in [5.41, 5.74) is 3.41. The van der Waals surface area contributed by atoms with E-state index in [0.717, 1.165) is 74.8 Å². The normalized spacial score (nSPS) is 19.7. The van der Waals surface area contributed by atoms with Crippen LogP contribution in [0.15, 0.2) is 12.4 Å². The zero-order valence-electron chi connectivity index (χ0n) is 18.8. The lowest BCUT2D eigenvalue weighted by atomic mass is 10.0. The van der Waals surface area contributed by atoms with Crippen LogP contribution in [0, 0.1) is 12.8 Å². The van der Waals surface area contributed by atoms with Crippen LogP contribution in [-0.2, 0) is 24.3 Å². The van der Waals surface area contributed by atoms with Crippen LogP contribution in [0.4, 0.5) is 5.82 Å². The van der Waals surface area contributed by atoms with E-state index in [1.807, 2.05) is 15.8 Å². The first kappa shape index (κ1) is 21.0. The van der Waals surface area contributed by atoms with Crippen molar-refractivity contribution >= 4 is 11.7 Å². The standard InChI is InChI=1S/C23H34N6O/c1-5-28-15-18(13-24-28)14-27-11-6-7-20(27)22-25-17(4)19-8-9-21(30)29(23(19)26-22)12-10-16(2)3/h13,15-16,20H,5-12,14H2,1-4H3/t20-/m1/s1. The molecule has 0 unspecified atom stereocenters. The smallest absolute Gasteiger partial charge is 0.228 e. The van der Waals surface area contributed by atoms with Gasteiger partial charge in [-0.25, -0.2) is 9.97 Å². The van der Waals surface area contributed by atoms with E-state index in [0.29, 0.717) is 12.3 Å². The van der Waals surface area contributed by atoms with Crippen LogP contribution >= 0.6 is 0 Å². The SMILES string of the molecule is CCn1cc(CN2CCC[C@@H]2c2nc(C)c3c(n2)N(CCC(C)C)C(=O)CC3)cn1. The molecule has 0 aliphatic carbocycles. The van der Waals surface area contributed by atoms with Gasteiger partial charge in [0.1, 0.15) is 11.6 Å². The molecule has 1 saturated heterocycles. The van der Waals surface area contributed by atoms with Gasteiger partial charge in [-0.15, -0.1) is 0 Å². The molecule has 0 spiro atoms. The Balaban J connectivity index is 1.60. The Labute approximate surface area is 179 Å². The predicted molar refractivity (Wildman–Crippen MR) is 117 cm³/mol. The summed E-state index contributed by atoms with van der Waals surface area (Å²) < 4.78 is 1.97. The van der Waals surface area contributed by atoms with Crippen molar-refractivity contribution in [2.24, 2.45) is 5.92 Å². The van der Waals surface area contributed by atoms with Crippen LogP contribution in [0.25, 0.3) is 0 Å². The molecule has 1 fully saturated rings. The number of hydrogen-bond donors (Lipinski definition) is 0. The van der Waals surface area contributed by atoms with Crippen molar-refractivity contribution in [3.8, 4) is 0 Å². The minimum atomic E-state index is 0.197. The highest BCUT2D eigenvalue weighted by Crippen LogP contribution is 2.35. The maximum absolute atomic E-state index is 12.7. The fraction of sp³-hybridized carbons (Fsp3) is 0.652. The molecule has 7 nitrogen and oxygen atoms in total. The summed E-state index contributed by atoms with van der Waals surface area (Å²) in [6.45, 7) is 12.1. The van der Waals surface area contributed by atoms with Gasteiger partial charge in [0.2, 0.25) is 5.91 Å². The van der Waals surface area contributed by atoms with Crippen LogP contribution in [0.5, 0.6) is 0 Å². The molecule has 4 heterocycles. The van der Waals surface area contributed by atoms with Gasteiger partial charge in [-0.1, -0.05) is 13.8 Å². The molecule has 0 aromatic carbocycles. The van der Waals surface area contributed by atoms with Crippen molar-refractivity contribution < 1.29 is 4.79 Å². The third-order valence-corrected chi connectivity index (χ3v) is 6.34. The van der Waals surface area contributed by atoms with Crippen LogP contribution in [0.2, 0.25) is 0 Å². The number of carbonyl (C=O) groups excluding carboxylic acids is 1. The number of aromatic nitrogens is 4. The van der Waals surface area contributed by atoms with E-state index in [-0.39, 0.29) is 11.9 Å². The Kier molecular flexibility index (Phi) is 6.18. The topological polar surface area (TPSA) is 67.2 Å². The van der Waals surface area contributed by atoms with Crippen molar-refractivity contribution in [2.45, 2.75) is 78.9 Å². The minimum absolute atomic E-state index is 0.197. The first-order valence-corrected chi connectivity index (χ1v) is 11.4. The van der Waals surface area contributed by atoms with Crippen LogP contribution in [-0.4, -0.2) is 43.6 Å². The summed E-state index contributed by atoms with van der Waals surface area (Å²) in [5, 5.41) is 4.41. The molecule has 2 aromatic rings. The summed E-state index contributed by atoms with van der Waals surface area (Å²) in [5.74, 6) is 2.48. The van der Waals surface area contributed by atoms with Crippen molar-refractivity contribution in [1.29, 1.82) is 0 Å². The van der Waals surface area contributed by atoms with E-state index in [4.69, 9.17) is 9.97 Å². The summed E-state index contributed by atoms with van der Waals surface area (Å²) in [6.07, 6.45) is 8.59. The van der Waals surface area contributed by atoms with Gasteiger partial charge in [0.05, 0.1) is 12.2 Å². The number of hydrogen-bond acceptors (Lipinski definition) is 5. The quantitative estimate of drug-likeness (QED) is 0.697. The first-order valence-electron chi connectivity index (χ1n) is 11.4. The highest BCUT2D eigenvalue weighted by Gasteiger charge is 2.33. The molecule has 2 aliphatic heterocycles. The van der Waals surface area contributed by atoms with Crippen LogP contribution < -0.4 is 4.90 Å². The number of amides is 1. The summed E-state index contributed by atoms with van der Waals surface area (Å²) >= 11 is 0. The summed E-state index contributed by atoms with van der Waals surface area (Å²) in [4.78, 5) is 27.0. The van der Waals surface area contributed by atoms with Gasteiger partial charge >= 0.3 is 0 Å². The van der Waals surface area contributed by atoms with E-state index < -0.39 is 0 Å². The largest absolute Gasteiger partial charge is 0.296 e. The minimum Gasteiger partial charge on any atom is -0.296 e. The number of likely N-dealkylation sites (tertiary alicyclic amines) is 1. The number of rotatable bonds is 7. The highest BCUT2D eigenvalue weighted by molar-refractivity contribution is 5.95. The lowest BCUT2D eigenvalue weighted by Gasteiger charge is -2.31. The summed E-state index contributed by atoms with van der Waals surface area (Å²) in [7, 11) is 0. The molecule has 30 heavy (non-hydrogen) atoms. The molecule has 0 saturated carbocycles. The Hall–Kier alpha value is -2.28. The molecular formula is C23H34N6O. The molecule has 2 aromatic heterocycles. The van der Waals surface area contributed by atoms with E-state index in [1.165, 1.54) is 5.56 Å². The third kappa shape index (κ3) is 4.26. The molecular weight excluding hydrogens is 376 g/mol. The average Bonchev–Trinajstić information content (AvgIpc) is 3.36. The van der Waals surface area contributed by atoms with Crippen molar-refractivity contribution in [3.63, 3.8) is 0 Å². The number of fused-ring (bicyclic) bond motifs is 1.